The van der Waals surface area contributed by atoms with Gasteiger partial charge in [0.25, 0.3) is 0 Å². The first-order valence-electron chi connectivity index (χ1n) is 12.8. The number of ether oxygens (including phenoxy) is 3. The van der Waals surface area contributed by atoms with Gasteiger partial charge < -0.3 is 14.2 Å². The zero-order chi connectivity index (χ0) is 28.1. The minimum Gasteiger partial charge on any atom is -0.491 e. The number of halogens is 6. The summed E-state index contributed by atoms with van der Waals surface area (Å²) < 4.78 is 103. The fourth-order valence-electron chi connectivity index (χ4n) is 4.54. The molecule has 0 fully saturated rings. The normalized spacial score (nSPS) is 15.2. The van der Waals surface area contributed by atoms with Crippen molar-refractivity contribution in [3.63, 3.8) is 0 Å². The van der Waals surface area contributed by atoms with E-state index >= 15 is 0 Å². The molecule has 3 nitrogen and oxygen atoms in total. The summed E-state index contributed by atoms with van der Waals surface area (Å²) in [5, 5.41) is 0. The van der Waals surface area contributed by atoms with E-state index in [-0.39, 0.29) is 47.3 Å². The molecule has 39 heavy (non-hydrogen) atoms. The Morgan fingerprint density at radius 2 is 1.33 bits per heavy atom. The van der Waals surface area contributed by atoms with Crippen LogP contribution in [0.1, 0.15) is 62.1 Å². The van der Waals surface area contributed by atoms with E-state index in [1.54, 1.807) is 13.0 Å². The van der Waals surface area contributed by atoms with Crippen molar-refractivity contribution >= 4 is 5.57 Å². The molecule has 3 aromatic carbocycles. The first kappa shape index (κ1) is 28.4. The Bertz CT molecular complexity index is 1370. The van der Waals surface area contributed by atoms with Gasteiger partial charge in [0, 0.05) is 11.1 Å². The molecule has 0 amide bonds. The van der Waals surface area contributed by atoms with Crippen molar-refractivity contribution in [1.82, 2.24) is 0 Å². The predicted molar refractivity (Wildman–Crippen MR) is 135 cm³/mol. The minimum absolute atomic E-state index is 0.0197. The lowest BCUT2D eigenvalue weighted by Gasteiger charge is -2.24. The molecule has 4 rings (SSSR count). The molecule has 0 aliphatic heterocycles. The molecule has 3 aromatic rings. The molecule has 0 N–H and O–H groups in total. The maximum atomic E-state index is 15.0. The number of allylic oxidation sites excluding steroid dienone is 2. The second-order valence-corrected chi connectivity index (χ2v) is 9.14. The second-order valence-electron chi connectivity index (χ2n) is 9.14. The van der Waals surface area contributed by atoms with Gasteiger partial charge in [-0.15, -0.1) is 0 Å². The topological polar surface area (TPSA) is 27.7 Å². The van der Waals surface area contributed by atoms with E-state index in [4.69, 9.17) is 14.2 Å². The Morgan fingerprint density at radius 3 is 2.03 bits per heavy atom. The number of hydrogen-bond donors (Lipinski definition) is 0. The van der Waals surface area contributed by atoms with Crippen LogP contribution in [0.5, 0.6) is 17.2 Å². The van der Waals surface area contributed by atoms with E-state index in [1.807, 2.05) is 6.92 Å². The number of hydrogen-bond acceptors (Lipinski definition) is 3. The second kappa shape index (κ2) is 12.5. The average Bonchev–Trinajstić information content (AvgIpc) is 2.94. The summed E-state index contributed by atoms with van der Waals surface area (Å²) in [4.78, 5) is 0. The van der Waals surface area contributed by atoms with E-state index in [9.17, 15) is 26.3 Å². The fourth-order valence-corrected chi connectivity index (χ4v) is 4.54. The molecule has 0 spiro atoms. The maximum Gasteiger partial charge on any atom is 0.201 e. The van der Waals surface area contributed by atoms with Crippen LogP contribution in [0.2, 0.25) is 0 Å². The summed E-state index contributed by atoms with van der Waals surface area (Å²) in [6.45, 7) is 3.39. The van der Waals surface area contributed by atoms with Crippen LogP contribution in [0.3, 0.4) is 0 Å². The molecule has 0 aromatic heterocycles. The predicted octanol–water partition coefficient (Wildman–Crippen LogP) is 8.64. The maximum absolute atomic E-state index is 15.0. The largest absolute Gasteiger partial charge is 0.491 e. The van der Waals surface area contributed by atoms with Gasteiger partial charge in [0.2, 0.25) is 17.5 Å². The summed E-state index contributed by atoms with van der Waals surface area (Å²) in [5.74, 6) is -7.97. The highest BCUT2D eigenvalue weighted by Gasteiger charge is 2.26. The standard InChI is InChI=1S/C30H28F6O3/c1-3-15-38-23-12-9-19(25(31)28(23)34)16-39-24-14-11-21(27(33)30(24)36)18-7-5-17(6-8-18)20-10-13-22(37-4-2)29(35)26(20)32/h7,9-14,17H,3-6,8,15-16H2,1-2H3. The molecule has 0 saturated heterocycles. The quantitative estimate of drug-likeness (QED) is 0.237. The molecule has 0 saturated carbocycles. The van der Waals surface area contributed by atoms with Crippen molar-refractivity contribution < 1.29 is 40.6 Å². The molecule has 1 atom stereocenters. The van der Waals surface area contributed by atoms with Crippen LogP contribution in [-0.2, 0) is 6.61 Å². The summed E-state index contributed by atoms with van der Waals surface area (Å²) >= 11 is 0. The molecular formula is C30H28F6O3. The molecule has 0 bridgehead atoms. The molecule has 9 heteroatoms. The molecule has 1 aliphatic carbocycles. The van der Waals surface area contributed by atoms with E-state index in [0.717, 1.165) is 0 Å². The minimum atomic E-state index is -1.26. The lowest BCUT2D eigenvalue weighted by molar-refractivity contribution is 0.271. The summed E-state index contributed by atoms with van der Waals surface area (Å²) in [7, 11) is 0. The molecule has 0 heterocycles. The van der Waals surface area contributed by atoms with Gasteiger partial charge in [-0.05, 0) is 80.0 Å². The smallest absolute Gasteiger partial charge is 0.201 e. The Kier molecular flexibility index (Phi) is 9.09. The Labute approximate surface area is 223 Å². The lowest BCUT2D eigenvalue weighted by Crippen LogP contribution is -2.09. The Balaban J connectivity index is 1.46. The van der Waals surface area contributed by atoms with Crippen LogP contribution in [0.25, 0.3) is 5.57 Å². The van der Waals surface area contributed by atoms with Crippen molar-refractivity contribution in [1.29, 1.82) is 0 Å². The van der Waals surface area contributed by atoms with Gasteiger partial charge in [0.15, 0.2) is 34.7 Å². The molecule has 1 aliphatic rings. The van der Waals surface area contributed by atoms with Crippen molar-refractivity contribution in [3.05, 3.63) is 94.1 Å². The monoisotopic (exact) mass is 550 g/mol. The van der Waals surface area contributed by atoms with Crippen LogP contribution in [-0.4, -0.2) is 13.2 Å². The van der Waals surface area contributed by atoms with Crippen LogP contribution < -0.4 is 14.2 Å². The van der Waals surface area contributed by atoms with Crippen LogP contribution >= 0.6 is 0 Å². The molecular weight excluding hydrogens is 522 g/mol. The van der Waals surface area contributed by atoms with Crippen LogP contribution in [0, 0.1) is 34.9 Å². The summed E-state index contributed by atoms with van der Waals surface area (Å²) in [6, 6.07) is 7.95. The van der Waals surface area contributed by atoms with Crippen LogP contribution in [0.15, 0.2) is 42.5 Å². The third kappa shape index (κ3) is 6.02. The van der Waals surface area contributed by atoms with Gasteiger partial charge in [-0.2, -0.15) is 13.2 Å². The van der Waals surface area contributed by atoms with Gasteiger partial charge in [0.1, 0.15) is 6.61 Å². The van der Waals surface area contributed by atoms with Gasteiger partial charge in [-0.1, -0.05) is 19.1 Å². The van der Waals surface area contributed by atoms with E-state index in [0.29, 0.717) is 31.3 Å². The first-order chi connectivity index (χ1) is 18.8. The van der Waals surface area contributed by atoms with Crippen molar-refractivity contribution in [3.8, 4) is 17.2 Å². The molecule has 208 valence electrons. The first-order valence-corrected chi connectivity index (χ1v) is 12.8. The Morgan fingerprint density at radius 1 is 0.692 bits per heavy atom. The van der Waals surface area contributed by atoms with Crippen LogP contribution in [0.4, 0.5) is 26.3 Å². The third-order valence-electron chi connectivity index (χ3n) is 6.59. The van der Waals surface area contributed by atoms with Crippen molar-refractivity contribution in [2.45, 2.75) is 52.1 Å². The zero-order valence-corrected chi connectivity index (χ0v) is 21.6. The van der Waals surface area contributed by atoms with Gasteiger partial charge in [-0.25, -0.2) is 13.2 Å². The Hall–Kier alpha value is -3.62. The number of rotatable bonds is 10. The van der Waals surface area contributed by atoms with E-state index in [2.05, 4.69) is 0 Å². The van der Waals surface area contributed by atoms with Gasteiger partial charge in [0.05, 0.1) is 13.2 Å². The highest BCUT2D eigenvalue weighted by molar-refractivity contribution is 5.68. The lowest BCUT2D eigenvalue weighted by atomic mass is 9.82. The summed E-state index contributed by atoms with van der Waals surface area (Å²) in [6.07, 6.45) is 3.32. The summed E-state index contributed by atoms with van der Waals surface area (Å²) in [5.41, 5.74) is 0.567. The van der Waals surface area contributed by atoms with Crippen molar-refractivity contribution in [2.75, 3.05) is 13.2 Å². The zero-order valence-electron chi connectivity index (χ0n) is 21.6. The number of benzene rings is 3. The SMILES string of the molecule is CCCOc1ccc(COc2ccc(C3=CCC(c4ccc(OCC)c(F)c4F)CC3)c(F)c2F)c(F)c1F. The molecule has 1 unspecified atom stereocenters. The average molecular weight is 551 g/mol. The molecule has 0 radical (unpaired) electrons. The van der Waals surface area contributed by atoms with E-state index in [1.165, 1.54) is 36.4 Å². The fraction of sp³-hybridized carbons (Fsp3) is 0.333. The highest BCUT2D eigenvalue weighted by Crippen LogP contribution is 2.40. The van der Waals surface area contributed by atoms with Gasteiger partial charge >= 0.3 is 0 Å². The van der Waals surface area contributed by atoms with Gasteiger partial charge in [-0.3, -0.25) is 0 Å². The third-order valence-corrected chi connectivity index (χ3v) is 6.59. The van der Waals surface area contributed by atoms with Crippen molar-refractivity contribution in [2.24, 2.45) is 0 Å². The van der Waals surface area contributed by atoms with E-state index < -0.39 is 47.3 Å². The highest BCUT2D eigenvalue weighted by atomic mass is 19.2.